The van der Waals surface area contributed by atoms with Crippen LogP contribution in [0.3, 0.4) is 0 Å². The number of nitrogens with zero attached hydrogens (tertiary/aromatic N) is 2. The Balaban J connectivity index is 2.17. The molecular weight excluding hydrogens is 195 g/mol. The number of alkyl halides is 3. The second-order valence-corrected chi connectivity index (χ2v) is 2.71. The van der Waals surface area contributed by atoms with Crippen molar-refractivity contribution in [2.75, 3.05) is 6.54 Å². The Hall–Kier alpha value is -1.17. The second-order valence-electron chi connectivity index (χ2n) is 2.71. The Morgan fingerprint density at radius 3 is 2.43 bits per heavy atom. The van der Waals surface area contributed by atoms with Gasteiger partial charge < -0.3 is 5.32 Å². The molecule has 0 amide bonds. The van der Waals surface area contributed by atoms with Crippen LogP contribution >= 0.6 is 0 Å². The van der Waals surface area contributed by atoms with E-state index in [-0.39, 0.29) is 13.1 Å². The van der Waals surface area contributed by atoms with Crippen LogP contribution in [0.25, 0.3) is 0 Å². The summed E-state index contributed by atoms with van der Waals surface area (Å²) in [5.74, 6) is 0.495. The lowest BCUT2D eigenvalue weighted by molar-refractivity contribution is -0.133. The van der Waals surface area contributed by atoms with Crippen molar-refractivity contribution in [3.63, 3.8) is 0 Å². The van der Waals surface area contributed by atoms with Gasteiger partial charge in [0, 0.05) is 18.9 Å². The van der Waals surface area contributed by atoms with Crippen molar-refractivity contribution < 1.29 is 13.2 Å². The summed E-state index contributed by atoms with van der Waals surface area (Å²) >= 11 is 0. The van der Waals surface area contributed by atoms with Crippen molar-refractivity contribution in [2.24, 2.45) is 0 Å². The molecule has 3 nitrogen and oxygen atoms in total. The van der Waals surface area contributed by atoms with Gasteiger partial charge in [0.1, 0.15) is 5.82 Å². The van der Waals surface area contributed by atoms with E-state index in [1.165, 1.54) is 0 Å². The SMILES string of the molecule is FC(F)(F)CCNCc1ncccn1. The first-order valence-corrected chi connectivity index (χ1v) is 4.11. The number of hydrogen-bond acceptors (Lipinski definition) is 3. The van der Waals surface area contributed by atoms with Crippen LogP contribution in [0, 0.1) is 0 Å². The van der Waals surface area contributed by atoms with Crippen LogP contribution in [0.15, 0.2) is 18.5 Å². The third kappa shape index (κ3) is 4.76. The predicted molar refractivity (Wildman–Crippen MR) is 44.4 cm³/mol. The first-order chi connectivity index (χ1) is 6.58. The molecule has 1 aromatic heterocycles. The highest BCUT2D eigenvalue weighted by atomic mass is 19.4. The van der Waals surface area contributed by atoms with Crippen LogP contribution in [0.2, 0.25) is 0 Å². The van der Waals surface area contributed by atoms with Gasteiger partial charge in [0.05, 0.1) is 13.0 Å². The zero-order valence-electron chi connectivity index (χ0n) is 7.38. The molecule has 1 heterocycles. The van der Waals surface area contributed by atoms with Crippen LogP contribution in [0.5, 0.6) is 0 Å². The van der Waals surface area contributed by atoms with E-state index >= 15 is 0 Å². The number of halogens is 3. The van der Waals surface area contributed by atoms with Gasteiger partial charge in [0.25, 0.3) is 0 Å². The molecule has 1 aromatic rings. The highest BCUT2D eigenvalue weighted by Crippen LogP contribution is 2.18. The maximum atomic E-state index is 11.7. The summed E-state index contributed by atoms with van der Waals surface area (Å²) in [4.78, 5) is 7.72. The van der Waals surface area contributed by atoms with Gasteiger partial charge in [-0.1, -0.05) is 0 Å². The molecule has 78 valence electrons. The minimum atomic E-state index is -4.11. The van der Waals surface area contributed by atoms with E-state index in [9.17, 15) is 13.2 Å². The highest BCUT2D eigenvalue weighted by molar-refractivity contribution is 4.87. The number of rotatable bonds is 4. The summed E-state index contributed by atoms with van der Waals surface area (Å²) < 4.78 is 35.1. The molecule has 0 aliphatic carbocycles. The first kappa shape index (κ1) is 10.9. The molecule has 14 heavy (non-hydrogen) atoms. The van der Waals surface area contributed by atoms with Crippen molar-refractivity contribution in [1.29, 1.82) is 0 Å². The van der Waals surface area contributed by atoms with Gasteiger partial charge in [-0.15, -0.1) is 0 Å². The molecule has 0 bridgehead atoms. The predicted octanol–water partition coefficient (Wildman–Crippen LogP) is 1.52. The van der Waals surface area contributed by atoms with E-state index in [0.29, 0.717) is 5.82 Å². The van der Waals surface area contributed by atoms with Crippen molar-refractivity contribution in [1.82, 2.24) is 15.3 Å². The lowest BCUT2D eigenvalue weighted by atomic mass is 10.4. The van der Waals surface area contributed by atoms with E-state index in [4.69, 9.17) is 0 Å². The van der Waals surface area contributed by atoms with Gasteiger partial charge in [0.15, 0.2) is 0 Å². The summed E-state index contributed by atoms with van der Waals surface area (Å²) in [5, 5.41) is 2.61. The molecule has 0 spiro atoms. The van der Waals surface area contributed by atoms with Crippen LogP contribution < -0.4 is 5.32 Å². The fourth-order valence-electron chi connectivity index (χ4n) is 0.852. The number of hydrogen-bond donors (Lipinski definition) is 1. The Labute approximate surface area is 79.4 Å². The zero-order chi connectivity index (χ0) is 10.4. The molecule has 0 unspecified atom stereocenters. The van der Waals surface area contributed by atoms with Crippen molar-refractivity contribution in [3.05, 3.63) is 24.3 Å². The largest absolute Gasteiger partial charge is 0.390 e. The van der Waals surface area contributed by atoms with E-state index < -0.39 is 12.6 Å². The Morgan fingerprint density at radius 2 is 1.86 bits per heavy atom. The monoisotopic (exact) mass is 205 g/mol. The summed E-state index contributed by atoms with van der Waals surface area (Å²) in [6.45, 7) is 0.151. The average molecular weight is 205 g/mol. The molecule has 1 N–H and O–H groups in total. The Kier molecular flexibility index (Phi) is 3.82. The Bertz CT molecular complexity index is 260. The lowest BCUT2D eigenvalue weighted by Gasteiger charge is -2.06. The standard InChI is InChI=1S/C8H10F3N3/c9-8(10,11)2-5-12-6-7-13-3-1-4-14-7/h1,3-4,12H,2,5-6H2. The van der Waals surface area contributed by atoms with Gasteiger partial charge in [0.2, 0.25) is 0 Å². The van der Waals surface area contributed by atoms with Crippen LogP contribution in [-0.4, -0.2) is 22.7 Å². The molecule has 0 aromatic carbocycles. The molecule has 0 saturated carbocycles. The fourth-order valence-corrected chi connectivity index (χ4v) is 0.852. The van der Waals surface area contributed by atoms with Gasteiger partial charge in [-0.05, 0) is 6.07 Å². The average Bonchev–Trinajstić information content (AvgIpc) is 2.13. The second kappa shape index (κ2) is 4.90. The van der Waals surface area contributed by atoms with Gasteiger partial charge in [-0.25, -0.2) is 9.97 Å². The van der Waals surface area contributed by atoms with Gasteiger partial charge in [-0.3, -0.25) is 0 Å². The van der Waals surface area contributed by atoms with E-state index in [0.717, 1.165) is 0 Å². The van der Waals surface area contributed by atoms with E-state index in [1.54, 1.807) is 18.5 Å². The summed E-state index contributed by atoms with van der Waals surface area (Å²) in [7, 11) is 0. The number of nitrogens with one attached hydrogen (secondary N) is 1. The van der Waals surface area contributed by atoms with Crippen molar-refractivity contribution in [3.8, 4) is 0 Å². The maximum absolute atomic E-state index is 11.7. The van der Waals surface area contributed by atoms with Crippen molar-refractivity contribution in [2.45, 2.75) is 19.1 Å². The van der Waals surface area contributed by atoms with E-state index in [2.05, 4.69) is 15.3 Å². The third-order valence-electron chi connectivity index (χ3n) is 1.49. The molecular formula is C8H10F3N3. The summed E-state index contributed by atoms with van der Waals surface area (Å²) in [6.07, 6.45) is -1.84. The molecule has 0 atom stereocenters. The summed E-state index contributed by atoms with van der Waals surface area (Å²) in [6, 6.07) is 1.65. The summed E-state index contributed by atoms with van der Waals surface area (Å²) in [5.41, 5.74) is 0. The normalized spacial score (nSPS) is 11.6. The van der Waals surface area contributed by atoms with Crippen LogP contribution in [0.1, 0.15) is 12.2 Å². The van der Waals surface area contributed by atoms with Crippen molar-refractivity contribution >= 4 is 0 Å². The molecule has 6 heteroatoms. The minimum absolute atomic E-state index is 0.109. The first-order valence-electron chi connectivity index (χ1n) is 4.11. The topological polar surface area (TPSA) is 37.8 Å². The van der Waals surface area contributed by atoms with Gasteiger partial charge >= 0.3 is 6.18 Å². The molecule has 0 fully saturated rings. The molecule has 0 aliphatic heterocycles. The zero-order valence-corrected chi connectivity index (χ0v) is 7.38. The lowest BCUT2D eigenvalue weighted by Crippen LogP contribution is -2.22. The molecule has 0 radical (unpaired) electrons. The molecule has 0 saturated heterocycles. The number of aromatic nitrogens is 2. The smallest absolute Gasteiger partial charge is 0.310 e. The molecule has 0 aliphatic rings. The maximum Gasteiger partial charge on any atom is 0.390 e. The Morgan fingerprint density at radius 1 is 1.21 bits per heavy atom. The third-order valence-corrected chi connectivity index (χ3v) is 1.49. The van der Waals surface area contributed by atoms with Crippen LogP contribution in [-0.2, 0) is 6.54 Å². The van der Waals surface area contributed by atoms with E-state index in [1.807, 2.05) is 0 Å². The molecule has 1 rings (SSSR count). The highest BCUT2D eigenvalue weighted by Gasteiger charge is 2.25. The minimum Gasteiger partial charge on any atom is -0.310 e. The van der Waals surface area contributed by atoms with Crippen LogP contribution in [0.4, 0.5) is 13.2 Å². The fraction of sp³-hybridized carbons (Fsp3) is 0.500. The van der Waals surface area contributed by atoms with Gasteiger partial charge in [-0.2, -0.15) is 13.2 Å². The quantitative estimate of drug-likeness (QED) is 0.757.